The van der Waals surface area contributed by atoms with Gasteiger partial charge in [0, 0.05) is 25.1 Å². The molecule has 0 aliphatic heterocycles. The average molecular weight is 342 g/mol. The van der Waals surface area contributed by atoms with Crippen LogP contribution >= 0.6 is 12.4 Å². The summed E-state index contributed by atoms with van der Waals surface area (Å²) in [5.41, 5.74) is 6.76. The molecule has 0 aromatic heterocycles. The van der Waals surface area contributed by atoms with Crippen LogP contribution in [0.5, 0.6) is 0 Å². The minimum absolute atomic E-state index is 0. The fourth-order valence-electron chi connectivity index (χ4n) is 3.09. The first-order valence-electron chi connectivity index (χ1n) is 7.75. The monoisotopic (exact) mass is 341 g/mol. The summed E-state index contributed by atoms with van der Waals surface area (Å²) >= 11 is 0. The van der Waals surface area contributed by atoms with Gasteiger partial charge >= 0.3 is 0 Å². The van der Waals surface area contributed by atoms with Gasteiger partial charge in [-0.05, 0) is 30.4 Å². The molecular weight excluding hydrogens is 318 g/mol. The predicted molar refractivity (Wildman–Crippen MR) is 91.4 cm³/mol. The van der Waals surface area contributed by atoms with Gasteiger partial charge in [-0.3, -0.25) is 14.9 Å². The Morgan fingerprint density at radius 1 is 1.22 bits per heavy atom. The van der Waals surface area contributed by atoms with Crippen LogP contribution in [0.25, 0.3) is 0 Å². The molecule has 1 aliphatic carbocycles. The lowest BCUT2D eigenvalue weighted by Crippen LogP contribution is -2.38. The number of nitrogens with one attached hydrogen (secondary N) is 1. The number of nitrogens with zero attached hydrogens (tertiary/aromatic N) is 1. The maximum atomic E-state index is 12.1. The van der Waals surface area contributed by atoms with Crippen molar-refractivity contribution in [3.63, 3.8) is 0 Å². The smallest absolute Gasteiger partial charge is 0.269 e. The Kier molecular flexibility index (Phi) is 7.45. The van der Waals surface area contributed by atoms with Crippen LogP contribution in [0, 0.1) is 15.5 Å². The third-order valence-corrected chi connectivity index (χ3v) is 4.52. The Morgan fingerprint density at radius 3 is 2.35 bits per heavy atom. The molecule has 1 amide bonds. The predicted octanol–water partition coefficient (Wildman–Crippen LogP) is 2.93. The summed E-state index contributed by atoms with van der Waals surface area (Å²) < 4.78 is 0. The lowest BCUT2D eigenvalue weighted by atomic mass is 9.71. The van der Waals surface area contributed by atoms with Crippen LogP contribution in [-0.2, 0) is 11.3 Å². The van der Waals surface area contributed by atoms with Crippen molar-refractivity contribution in [2.75, 3.05) is 6.54 Å². The quantitative estimate of drug-likeness (QED) is 0.613. The van der Waals surface area contributed by atoms with Gasteiger partial charge < -0.3 is 11.1 Å². The molecule has 0 heterocycles. The maximum Gasteiger partial charge on any atom is 0.269 e. The van der Waals surface area contributed by atoms with E-state index in [1.165, 1.54) is 18.6 Å². The van der Waals surface area contributed by atoms with E-state index >= 15 is 0 Å². The second kappa shape index (κ2) is 8.84. The topological polar surface area (TPSA) is 98.3 Å². The number of non-ortho nitro benzene ring substituents is 1. The molecule has 7 heteroatoms. The largest absolute Gasteiger partial charge is 0.352 e. The maximum absolute atomic E-state index is 12.1. The number of carbonyl (C=O) groups excluding carboxylic acids is 1. The Labute approximate surface area is 142 Å². The van der Waals surface area contributed by atoms with E-state index in [4.69, 9.17) is 5.73 Å². The number of nitro groups is 1. The van der Waals surface area contributed by atoms with Gasteiger partial charge in [0.2, 0.25) is 5.91 Å². The van der Waals surface area contributed by atoms with Crippen molar-refractivity contribution in [2.24, 2.45) is 11.1 Å². The third kappa shape index (κ3) is 5.48. The molecule has 0 radical (unpaired) electrons. The normalized spacial score (nSPS) is 16.2. The van der Waals surface area contributed by atoms with Gasteiger partial charge in [-0.1, -0.05) is 31.4 Å². The van der Waals surface area contributed by atoms with Crippen LogP contribution in [0.2, 0.25) is 0 Å². The molecule has 3 N–H and O–H groups in total. The van der Waals surface area contributed by atoms with Crippen LogP contribution in [-0.4, -0.2) is 17.4 Å². The van der Waals surface area contributed by atoms with Gasteiger partial charge in [0.25, 0.3) is 5.69 Å². The SMILES string of the molecule is Cl.NCC1(CC(=O)NCc2ccc([N+](=O)[O-])cc2)CCCCC1. The van der Waals surface area contributed by atoms with Crippen LogP contribution in [0.15, 0.2) is 24.3 Å². The average Bonchev–Trinajstić information content (AvgIpc) is 2.54. The van der Waals surface area contributed by atoms with Crippen molar-refractivity contribution in [1.82, 2.24) is 5.32 Å². The highest BCUT2D eigenvalue weighted by molar-refractivity contribution is 5.85. The summed E-state index contributed by atoms with van der Waals surface area (Å²) in [6.45, 7) is 0.940. The van der Waals surface area contributed by atoms with Gasteiger partial charge in [0.15, 0.2) is 0 Å². The highest BCUT2D eigenvalue weighted by Gasteiger charge is 2.32. The number of benzene rings is 1. The molecule has 0 bridgehead atoms. The second-order valence-electron chi connectivity index (χ2n) is 6.14. The number of nitrogens with two attached hydrogens (primary N) is 1. The molecule has 1 fully saturated rings. The van der Waals surface area contributed by atoms with E-state index in [1.807, 2.05) is 0 Å². The standard InChI is InChI=1S/C16H23N3O3.ClH/c17-12-16(8-2-1-3-9-16)10-15(20)18-11-13-4-6-14(7-5-13)19(21)22;/h4-7H,1-3,8-12,17H2,(H,18,20);1H. The first kappa shape index (κ1) is 19.4. The Balaban J connectivity index is 0.00000264. The number of hydrogen-bond donors (Lipinski definition) is 2. The van der Waals surface area contributed by atoms with E-state index in [-0.39, 0.29) is 29.4 Å². The zero-order valence-electron chi connectivity index (χ0n) is 13.1. The van der Waals surface area contributed by atoms with Gasteiger partial charge in [-0.15, -0.1) is 12.4 Å². The van der Waals surface area contributed by atoms with Crippen LogP contribution in [0.1, 0.15) is 44.1 Å². The van der Waals surface area contributed by atoms with Crippen LogP contribution < -0.4 is 11.1 Å². The molecule has 0 saturated heterocycles. The van der Waals surface area contributed by atoms with Gasteiger partial charge in [0.1, 0.15) is 0 Å². The molecule has 1 aromatic rings. The minimum Gasteiger partial charge on any atom is -0.352 e. The fraction of sp³-hybridized carbons (Fsp3) is 0.562. The second-order valence-corrected chi connectivity index (χ2v) is 6.14. The van der Waals surface area contributed by atoms with E-state index in [0.717, 1.165) is 31.2 Å². The molecule has 0 spiro atoms. The van der Waals surface area contributed by atoms with E-state index in [0.29, 0.717) is 19.5 Å². The zero-order chi connectivity index (χ0) is 16.0. The van der Waals surface area contributed by atoms with Crippen molar-refractivity contribution in [1.29, 1.82) is 0 Å². The Hall–Kier alpha value is -1.66. The third-order valence-electron chi connectivity index (χ3n) is 4.52. The number of rotatable bonds is 6. The van der Waals surface area contributed by atoms with E-state index in [1.54, 1.807) is 12.1 Å². The summed E-state index contributed by atoms with van der Waals surface area (Å²) in [4.78, 5) is 22.3. The Bertz CT molecular complexity index is 528. The molecule has 1 aromatic carbocycles. The van der Waals surface area contributed by atoms with E-state index < -0.39 is 4.92 Å². The minimum atomic E-state index is -0.434. The number of nitro benzene ring substituents is 1. The first-order valence-corrected chi connectivity index (χ1v) is 7.75. The first-order chi connectivity index (χ1) is 10.5. The molecule has 128 valence electrons. The zero-order valence-corrected chi connectivity index (χ0v) is 13.9. The number of carbonyl (C=O) groups is 1. The lowest BCUT2D eigenvalue weighted by molar-refractivity contribution is -0.384. The highest BCUT2D eigenvalue weighted by Crippen LogP contribution is 2.38. The van der Waals surface area contributed by atoms with Crippen molar-refractivity contribution < 1.29 is 9.72 Å². The fourth-order valence-corrected chi connectivity index (χ4v) is 3.09. The lowest BCUT2D eigenvalue weighted by Gasteiger charge is -2.35. The van der Waals surface area contributed by atoms with E-state index in [9.17, 15) is 14.9 Å². The Morgan fingerprint density at radius 2 is 1.83 bits per heavy atom. The van der Waals surface area contributed by atoms with Crippen molar-refractivity contribution in [2.45, 2.75) is 45.1 Å². The van der Waals surface area contributed by atoms with Crippen molar-refractivity contribution in [3.8, 4) is 0 Å². The molecule has 0 atom stereocenters. The van der Waals surface area contributed by atoms with Crippen molar-refractivity contribution in [3.05, 3.63) is 39.9 Å². The molecule has 6 nitrogen and oxygen atoms in total. The van der Waals surface area contributed by atoms with Gasteiger partial charge in [-0.2, -0.15) is 0 Å². The summed E-state index contributed by atoms with van der Waals surface area (Å²) in [6.07, 6.45) is 6.03. The van der Waals surface area contributed by atoms with Crippen LogP contribution in [0.4, 0.5) is 5.69 Å². The molecule has 1 aliphatic rings. The highest BCUT2D eigenvalue weighted by atomic mass is 35.5. The molecule has 0 unspecified atom stereocenters. The summed E-state index contributed by atoms with van der Waals surface area (Å²) in [7, 11) is 0. The number of halogens is 1. The summed E-state index contributed by atoms with van der Waals surface area (Å²) in [5.74, 6) is 0.00528. The molecular formula is C16H24ClN3O3. The molecule has 2 rings (SSSR count). The van der Waals surface area contributed by atoms with Gasteiger partial charge in [-0.25, -0.2) is 0 Å². The van der Waals surface area contributed by atoms with E-state index in [2.05, 4.69) is 5.32 Å². The number of hydrogen-bond acceptors (Lipinski definition) is 4. The molecule has 1 saturated carbocycles. The van der Waals surface area contributed by atoms with Crippen LogP contribution in [0.3, 0.4) is 0 Å². The van der Waals surface area contributed by atoms with Gasteiger partial charge in [0.05, 0.1) is 4.92 Å². The summed E-state index contributed by atoms with van der Waals surface area (Å²) in [5, 5.41) is 13.5. The molecule has 23 heavy (non-hydrogen) atoms. The number of amides is 1. The summed E-state index contributed by atoms with van der Waals surface area (Å²) in [6, 6.07) is 6.23. The van der Waals surface area contributed by atoms with Crippen molar-refractivity contribution >= 4 is 24.0 Å².